The second kappa shape index (κ2) is 5.91. The zero-order chi connectivity index (χ0) is 14.6. The number of nitrogens with one attached hydrogen (secondary N) is 1. The Morgan fingerprint density at radius 3 is 2.50 bits per heavy atom. The minimum atomic E-state index is -0.269. The molecule has 1 aliphatic rings. The van der Waals surface area contributed by atoms with E-state index < -0.39 is 0 Å². The maximum atomic E-state index is 12.2. The van der Waals surface area contributed by atoms with Gasteiger partial charge in [0.15, 0.2) is 0 Å². The van der Waals surface area contributed by atoms with Gasteiger partial charge in [0.25, 0.3) is 5.91 Å². The van der Waals surface area contributed by atoms with Crippen molar-refractivity contribution >= 4 is 5.91 Å². The Hall–Kier alpha value is -2.09. The van der Waals surface area contributed by atoms with E-state index in [0.29, 0.717) is 5.57 Å². The highest BCUT2D eigenvalue weighted by molar-refractivity contribution is 5.96. The van der Waals surface area contributed by atoms with E-state index in [4.69, 9.17) is 0 Å². The molecule has 1 aromatic carbocycles. The van der Waals surface area contributed by atoms with E-state index in [2.05, 4.69) is 30.4 Å². The predicted octanol–water partition coefficient (Wildman–Crippen LogP) is 3.52. The number of amides is 1. The van der Waals surface area contributed by atoms with E-state index in [1.54, 1.807) is 0 Å². The number of rotatable bonds is 3. The highest BCUT2D eigenvalue weighted by Crippen LogP contribution is 2.30. The number of carbonyl (C=O) groups excluding carboxylic acids is 1. The van der Waals surface area contributed by atoms with Gasteiger partial charge >= 0.3 is 0 Å². The van der Waals surface area contributed by atoms with Gasteiger partial charge in [-0.3, -0.25) is 4.79 Å². The summed E-state index contributed by atoms with van der Waals surface area (Å²) in [4.78, 5) is 12.2. The van der Waals surface area contributed by atoms with Crippen LogP contribution in [0.1, 0.15) is 26.3 Å². The summed E-state index contributed by atoms with van der Waals surface area (Å²) in [6.45, 7) is 6.05. The van der Waals surface area contributed by atoms with E-state index in [1.807, 2.05) is 56.4 Å². The Morgan fingerprint density at radius 1 is 1.15 bits per heavy atom. The number of allylic oxidation sites excluding steroid dienone is 4. The summed E-state index contributed by atoms with van der Waals surface area (Å²) in [5.74, 6) is -0.0258. The van der Waals surface area contributed by atoms with Gasteiger partial charge in [-0.2, -0.15) is 0 Å². The molecule has 2 rings (SSSR count). The van der Waals surface area contributed by atoms with E-state index in [0.717, 1.165) is 0 Å². The number of hydrogen-bond donors (Lipinski definition) is 1. The van der Waals surface area contributed by atoms with Crippen LogP contribution in [0.5, 0.6) is 0 Å². The molecule has 20 heavy (non-hydrogen) atoms. The Labute approximate surface area is 120 Å². The van der Waals surface area contributed by atoms with Crippen LogP contribution in [-0.4, -0.2) is 11.9 Å². The summed E-state index contributed by atoms with van der Waals surface area (Å²) < 4.78 is 0. The van der Waals surface area contributed by atoms with Crippen LogP contribution in [0.25, 0.3) is 0 Å². The highest BCUT2D eigenvalue weighted by Gasteiger charge is 2.23. The molecule has 104 valence electrons. The first-order valence-corrected chi connectivity index (χ1v) is 6.96. The topological polar surface area (TPSA) is 29.1 Å². The SMILES string of the molecule is CC(C)NC(=O)C1=C[C@](C)(c2ccccc2)C=CC=C1. The first kappa shape index (κ1) is 14.3. The van der Waals surface area contributed by atoms with Crippen LogP contribution in [0.15, 0.2) is 66.3 Å². The van der Waals surface area contributed by atoms with Crippen LogP contribution < -0.4 is 5.32 Å². The van der Waals surface area contributed by atoms with Crippen LogP contribution >= 0.6 is 0 Å². The Balaban J connectivity index is 2.37. The monoisotopic (exact) mass is 267 g/mol. The molecule has 1 atom stereocenters. The number of hydrogen-bond acceptors (Lipinski definition) is 1. The molecule has 0 radical (unpaired) electrons. The van der Waals surface area contributed by atoms with Crippen molar-refractivity contribution in [2.75, 3.05) is 0 Å². The van der Waals surface area contributed by atoms with Crippen molar-refractivity contribution in [2.24, 2.45) is 0 Å². The largest absolute Gasteiger partial charge is 0.350 e. The van der Waals surface area contributed by atoms with Gasteiger partial charge in [0.2, 0.25) is 0 Å². The molecule has 2 nitrogen and oxygen atoms in total. The van der Waals surface area contributed by atoms with Crippen molar-refractivity contribution in [2.45, 2.75) is 32.2 Å². The van der Waals surface area contributed by atoms with Crippen molar-refractivity contribution in [3.05, 3.63) is 71.8 Å². The molecular weight excluding hydrogens is 246 g/mol. The van der Waals surface area contributed by atoms with E-state index >= 15 is 0 Å². The second-order valence-corrected chi connectivity index (χ2v) is 5.59. The third-order valence-corrected chi connectivity index (χ3v) is 3.36. The first-order chi connectivity index (χ1) is 9.51. The molecule has 0 unspecified atom stereocenters. The molecule has 2 heteroatoms. The van der Waals surface area contributed by atoms with Crippen LogP contribution in [0.2, 0.25) is 0 Å². The Kier molecular flexibility index (Phi) is 4.23. The molecule has 0 fully saturated rings. The Morgan fingerprint density at radius 2 is 1.85 bits per heavy atom. The molecule has 0 bridgehead atoms. The van der Waals surface area contributed by atoms with Crippen molar-refractivity contribution in [1.82, 2.24) is 5.32 Å². The predicted molar refractivity (Wildman–Crippen MR) is 83.4 cm³/mol. The maximum Gasteiger partial charge on any atom is 0.251 e. The van der Waals surface area contributed by atoms with Crippen molar-refractivity contribution < 1.29 is 4.79 Å². The zero-order valence-corrected chi connectivity index (χ0v) is 12.3. The second-order valence-electron chi connectivity index (χ2n) is 5.59. The molecule has 1 N–H and O–H groups in total. The summed E-state index contributed by atoms with van der Waals surface area (Å²) >= 11 is 0. The van der Waals surface area contributed by atoms with Crippen LogP contribution in [0.4, 0.5) is 0 Å². The fourth-order valence-corrected chi connectivity index (χ4v) is 2.30. The quantitative estimate of drug-likeness (QED) is 0.892. The van der Waals surface area contributed by atoms with Gasteiger partial charge in [0, 0.05) is 17.0 Å². The zero-order valence-electron chi connectivity index (χ0n) is 12.3. The molecule has 0 heterocycles. The molecular formula is C18H21NO. The average molecular weight is 267 g/mol. The summed E-state index contributed by atoms with van der Waals surface area (Å²) in [5.41, 5.74) is 1.61. The normalized spacial score (nSPS) is 21.5. The molecule has 1 aromatic rings. The van der Waals surface area contributed by atoms with Gasteiger partial charge in [-0.05, 0) is 32.4 Å². The van der Waals surface area contributed by atoms with Crippen molar-refractivity contribution in [3.63, 3.8) is 0 Å². The van der Waals surface area contributed by atoms with Gasteiger partial charge in [0.05, 0.1) is 0 Å². The summed E-state index contributed by atoms with van der Waals surface area (Å²) in [6.07, 6.45) is 9.93. The summed E-state index contributed by atoms with van der Waals surface area (Å²) in [7, 11) is 0. The minimum absolute atomic E-state index is 0.0258. The summed E-state index contributed by atoms with van der Waals surface area (Å²) in [6, 6.07) is 10.4. The number of benzene rings is 1. The van der Waals surface area contributed by atoms with Gasteiger partial charge in [-0.15, -0.1) is 0 Å². The average Bonchev–Trinajstić information content (AvgIpc) is 2.62. The molecule has 0 spiro atoms. The van der Waals surface area contributed by atoms with Gasteiger partial charge in [-0.25, -0.2) is 0 Å². The first-order valence-electron chi connectivity index (χ1n) is 6.96. The fourth-order valence-electron chi connectivity index (χ4n) is 2.30. The van der Waals surface area contributed by atoms with E-state index in [9.17, 15) is 4.79 Å². The maximum absolute atomic E-state index is 12.2. The van der Waals surface area contributed by atoms with E-state index in [-0.39, 0.29) is 17.4 Å². The smallest absolute Gasteiger partial charge is 0.251 e. The van der Waals surface area contributed by atoms with E-state index in [1.165, 1.54) is 5.56 Å². The minimum Gasteiger partial charge on any atom is -0.350 e. The van der Waals surface area contributed by atoms with Crippen LogP contribution in [-0.2, 0) is 10.2 Å². The molecule has 1 amide bonds. The molecule has 0 saturated carbocycles. The molecule has 0 saturated heterocycles. The third kappa shape index (κ3) is 3.27. The molecule has 0 aliphatic heterocycles. The lowest BCUT2D eigenvalue weighted by Gasteiger charge is -2.23. The lowest BCUT2D eigenvalue weighted by molar-refractivity contribution is -0.117. The highest BCUT2D eigenvalue weighted by atomic mass is 16.1. The van der Waals surface area contributed by atoms with Gasteiger partial charge in [-0.1, -0.05) is 54.6 Å². The lowest BCUT2D eigenvalue weighted by Crippen LogP contribution is -2.31. The molecule has 1 aliphatic carbocycles. The molecule has 0 aromatic heterocycles. The van der Waals surface area contributed by atoms with Crippen LogP contribution in [0.3, 0.4) is 0 Å². The number of carbonyl (C=O) groups is 1. The third-order valence-electron chi connectivity index (χ3n) is 3.36. The van der Waals surface area contributed by atoms with Gasteiger partial charge < -0.3 is 5.32 Å². The standard InChI is InChI=1S/C18H21NO/c1-14(2)19-17(20)15-9-7-8-12-18(3,13-15)16-10-5-4-6-11-16/h4-14H,1-3H3,(H,19,20)/t18-/m1/s1. The van der Waals surface area contributed by atoms with Crippen molar-refractivity contribution in [1.29, 1.82) is 0 Å². The van der Waals surface area contributed by atoms with Gasteiger partial charge in [0.1, 0.15) is 0 Å². The van der Waals surface area contributed by atoms with Crippen molar-refractivity contribution in [3.8, 4) is 0 Å². The fraction of sp³-hybridized carbons (Fsp3) is 0.278. The summed E-state index contributed by atoms with van der Waals surface area (Å²) in [5, 5.41) is 2.94. The lowest BCUT2D eigenvalue weighted by atomic mass is 9.81. The van der Waals surface area contributed by atoms with Crippen LogP contribution in [0, 0.1) is 0 Å². The Bertz CT molecular complexity index is 566.